The third kappa shape index (κ3) is 2.28. The van der Waals surface area contributed by atoms with Crippen molar-refractivity contribution in [3.63, 3.8) is 0 Å². The van der Waals surface area contributed by atoms with Gasteiger partial charge in [-0.3, -0.25) is 0 Å². The minimum Gasteiger partial charge on any atom is -0.212 e. The number of benzene rings is 1. The second kappa shape index (κ2) is 4.18. The number of sulfonamides is 1. The normalized spacial score (nSPS) is 22.5. The Morgan fingerprint density at radius 3 is 2.75 bits per heavy atom. The molecule has 1 fully saturated rings. The molecule has 4 heteroatoms. The van der Waals surface area contributed by atoms with Crippen LogP contribution in [0.3, 0.4) is 0 Å². The Morgan fingerprint density at radius 1 is 1.38 bits per heavy atom. The Kier molecular flexibility index (Phi) is 3.04. The molecule has 1 aromatic carbocycles. The minimum atomic E-state index is -3.08. The molecule has 1 aromatic rings. The topological polar surface area (TPSA) is 37.4 Å². The zero-order chi connectivity index (χ0) is 11.8. The highest BCUT2D eigenvalue weighted by Gasteiger charge is 2.32. The van der Waals surface area contributed by atoms with Crippen LogP contribution in [0.1, 0.15) is 30.0 Å². The van der Waals surface area contributed by atoms with E-state index in [4.69, 9.17) is 0 Å². The number of rotatable bonds is 2. The first-order valence-electron chi connectivity index (χ1n) is 5.52. The van der Waals surface area contributed by atoms with Gasteiger partial charge in [-0.05, 0) is 25.3 Å². The molecule has 1 heterocycles. The molecule has 3 nitrogen and oxygen atoms in total. The highest BCUT2D eigenvalue weighted by Crippen LogP contribution is 2.33. The number of aryl methyl sites for hydroxylation is 1. The summed E-state index contributed by atoms with van der Waals surface area (Å²) in [4.78, 5) is 0. The van der Waals surface area contributed by atoms with E-state index in [1.165, 1.54) is 11.8 Å². The molecule has 0 amide bonds. The van der Waals surface area contributed by atoms with Gasteiger partial charge in [0.2, 0.25) is 10.0 Å². The van der Waals surface area contributed by atoms with Crippen molar-refractivity contribution >= 4 is 10.0 Å². The van der Waals surface area contributed by atoms with E-state index in [1.54, 1.807) is 4.31 Å². The van der Waals surface area contributed by atoms with E-state index >= 15 is 0 Å². The van der Waals surface area contributed by atoms with E-state index in [0.29, 0.717) is 6.54 Å². The van der Waals surface area contributed by atoms with Gasteiger partial charge in [-0.25, -0.2) is 8.42 Å². The molecule has 1 saturated heterocycles. The van der Waals surface area contributed by atoms with Crippen molar-refractivity contribution in [3.8, 4) is 0 Å². The quantitative estimate of drug-likeness (QED) is 0.792. The van der Waals surface area contributed by atoms with Gasteiger partial charge in [0.05, 0.1) is 6.26 Å². The molecule has 1 aliphatic heterocycles. The summed E-state index contributed by atoms with van der Waals surface area (Å²) in [5.74, 6) is 0. The summed E-state index contributed by atoms with van der Waals surface area (Å²) in [5.41, 5.74) is 2.29. The third-order valence-corrected chi connectivity index (χ3v) is 4.35. The Balaban J connectivity index is 2.34. The smallest absolute Gasteiger partial charge is 0.211 e. The lowest BCUT2D eigenvalue weighted by atomic mass is 10.0. The van der Waals surface area contributed by atoms with E-state index in [1.807, 2.05) is 25.1 Å². The van der Waals surface area contributed by atoms with Crippen molar-refractivity contribution in [2.24, 2.45) is 0 Å². The first-order valence-corrected chi connectivity index (χ1v) is 7.37. The van der Waals surface area contributed by atoms with Crippen molar-refractivity contribution in [1.29, 1.82) is 0 Å². The third-order valence-electron chi connectivity index (χ3n) is 3.06. The molecule has 1 atom stereocenters. The highest BCUT2D eigenvalue weighted by molar-refractivity contribution is 7.88. The fourth-order valence-corrected chi connectivity index (χ4v) is 3.50. The van der Waals surface area contributed by atoms with Gasteiger partial charge in [0.1, 0.15) is 0 Å². The molecule has 16 heavy (non-hydrogen) atoms. The monoisotopic (exact) mass is 239 g/mol. The molecule has 0 spiro atoms. The van der Waals surface area contributed by atoms with Gasteiger partial charge in [0.25, 0.3) is 0 Å². The lowest BCUT2D eigenvalue weighted by molar-refractivity contribution is 0.400. The molecule has 0 radical (unpaired) electrons. The number of nitrogens with zero attached hydrogens (tertiary/aromatic N) is 1. The van der Waals surface area contributed by atoms with E-state index in [-0.39, 0.29) is 6.04 Å². The van der Waals surface area contributed by atoms with Crippen molar-refractivity contribution in [3.05, 3.63) is 35.4 Å². The molecule has 2 rings (SSSR count). The molecule has 0 saturated carbocycles. The summed E-state index contributed by atoms with van der Waals surface area (Å²) in [6.07, 6.45) is 3.17. The van der Waals surface area contributed by atoms with Gasteiger partial charge in [0.15, 0.2) is 0 Å². The maximum absolute atomic E-state index is 11.6. The highest BCUT2D eigenvalue weighted by atomic mass is 32.2. The molecule has 1 aliphatic rings. The SMILES string of the molecule is Cc1cccc([C@@H]2CCCN2S(C)(=O)=O)c1. The van der Waals surface area contributed by atoms with E-state index < -0.39 is 10.0 Å². The molecule has 0 aliphatic carbocycles. The van der Waals surface area contributed by atoms with E-state index in [0.717, 1.165) is 18.4 Å². The van der Waals surface area contributed by atoms with E-state index in [2.05, 4.69) is 6.07 Å². The first kappa shape index (κ1) is 11.6. The second-order valence-electron chi connectivity index (χ2n) is 4.45. The molecule has 88 valence electrons. The summed E-state index contributed by atoms with van der Waals surface area (Å²) in [7, 11) is -3.08. The zero-order valence-electron chi connectivity index (χ0n) is 9.68. The van der Waals surface area contributed by atoms with Crippen LogP contribution in [0.4, 0.5) is 0 Å². The van der Waals surface area contributed by atoms with Crippen LogP contribution in [0.25, 0.3) is 0 Å². The van der Waals surface area contributed by atoms with Crippen LogP contribution in [0.2, 0.25) is 0 Å². The van der Waals surface area contributed by atoms with Crippen molar-refractivity contribution < 1.29 is 8.42 Å². The van der Waals surface area contributed by atoms with Crippen LogP contribution in [-0.2, 0) is 10.0 Å². The summed E-state index contributed by atoms with van der Waals surface area (Å²) >= 11 is 0. The van der Waals surface area contributed by atoms with Crippen LogP contribution in [0.5, 0.6) is 0 Å². The number of hydrogen-bond acceptors (Lipinski definition) is 2. The maximum atomic E-state index is 11.6. The van der Waals surface area contributed by atoms with Crippen LogP contribution in [0, 0.1) is 6.92 Å². The minimum absolute atomic E-state index is 0.0369. The van der Waals surface area contributed by atoms with Crippen LogP contribution in [0.15, 0.2) is 24.3 Å². The van der Waals surface area contributed by atoms with Gasteiger partial charge < -0.3 is 0 Å². The average Bonchev–Trinajstić information content (AvgIpc) is 2.65. The summed E-state index contributed by atoms with van der Waals surface area (Å²) < 4.78 is 24.9. The Hall–Kier alpha value is -0.870. The predicted molar refractivity (Wildman–Crippen MR) is 64.7 cm³/mol. The van der Waals surface area contributed by atoms with E-state index in [9.17, 15) is 8.42 Å². The average molecular weight is 239 g/mol. The Labute approximate surface area is 97.1 Å². The second-order valence-corrected chi connectivity index (χ2v) is 6.38. The zero-order valence-corrected chi connectivity index (χ0v) is 10.5. The summed E-state index contributed by atoms with van der Waals surface area (Å²) in [6, 6.07) is 8.15. The number of hydrogen-bond donors (Lipinski definition) is 0. The van der Waals surface area contributed by atoms with Crippen molar-refractivity contribution in [2.45, 2.75) is 25.8 Å². The van der Waals surface area contributed by atoms with Crippen LogP contribution in [-0.4, -0.2) is 25.5 Å². The van der Waals surface area contributed by atoms with Crippen molar-refractivity contribution in [2.75, 3.05) is 12.8 Å². The summed E-state index contributed by atoms with van der Waals surface area (Å²) in [5, 5.41) is 0. The fraction of sp³-hybridized carbons (Fsp3) is 0.500. The molecule has 0 N–H and O–H groups in total. The Bertz CT molecular complexity index is 482. The molecule has 0 bridgehead atoms. The lowest BCUT2D eigenvalue weighted by Gasteiger charge is -2.22. The van der Waals surface area contributed by atoms with Crippen LogP contribution < -0.4 is 0 Å². The largest absolute Gasteiger partial charge is 0.212 e. The van der Waals surface area contributed by atoms with Gasteiger partial charge in [-0.1, -0.05) is 29.8 Å². The van der Waals surface area contributed by atoms with Crippen LogP contribution >= 0.6 is 0 Å². The van der Waals surface area contributed by atoms with Crippen molar-refractivity contribution in [1.82, 2.24) is 4.31 Å². The lowest BCUT2D eigenvalue weighted by Crippen LogP contribution is -2.29. The van der Waals surface area contributed by atoms with Gasteiger partial charge in [-0.2, -0.15) is 4.31 Å². The van der Waals surface area contributed by atoms with Gasteiger partial charge in [-0.15, -0.1) is 0 Å². The molecule has 0 aromatic heterocycles. The first-order chi connectivity index (χ1) is 7.48. The standard InChI is InChI=1S/C12H17NO2S/c1-10-5-3-6-11(9-10)12-7-4-8-13(12)16(2,14)15/h3,5-6,9,12H,4,7-8H2,1-2H3/t12-/m0/s1. The summed E-state index contributed by atoms with van der Waals surface area (Å²) in [6.45, 7) is 2.68. The van der Waals surface area contributed by atoms with Gasteiger partial charge >= 0.3 is 0 Å². The molecular formula is C12H17NO2S. The molecular weight excluding hydrogens is 222 g/mol. The fourth-order valence-electron chi connectivity index (χ4n) is 2.35. The Morgan fingerprint density at radius 2 is 2.12 bits per heavy atom. The maximum Gasteiger partial charge on any atom is 0.211 e. The predicted octanol–water partition coefficient (Wildman–Crippen LogP) is 2.09. The van der Waals surface area contributed by atoms with Gasteiger partial charge in [0, 0.05) is 12.6 Å². The molecule has 0 unspecified atom stereocenters.